The number of aryl methyl sites for hydroxylation is 1. The zero-order valence-corrected chi connectivity index (χ0v) is 11.8. The summed E-state index contributed by atoms with van der Waals surface area (Å²) in [6.07, 6.45) is 2.42. The maximum atomic E-state index is 12.1. The molecule has 2 aromatic rings. The smallest absolute Gasteiger partial charge is 0.307 e. The van der Waals surface area contributed by atoms with Crippen molar-refractivity contribution in [1.82, 2.24) is 14.3 Å². The van der Waals surface area contributed by atoms with Crippen LogP contribution in [0, 0.1) is 12.8 Å². The minimum atomic E-state index is -0.750. The zero-order valence-electron chi connectivity index (χ0n) is 11.8. The van der Waals surface area contributed by atoms with E-state index in [0.717, 1.165) is 12.1 Å². The number of aliphatic carboxylic acids is 1. The highest BCUT2D eigenvalue weighted by Gasteiger charge is 2.28. The summed E-state index contributed by atoms with van der Waals surface area (Å²) < 4.78 is 1.53. The first-order chi connectivity index (χ1) is 10.0. The Labute approximate surface area is 121 Å². The minimum Gasteiger partial charge on any atom is -0.481 e. The summed E-state index contributed by atoms with van der Waals surface area (Å²) in [6.45, 7) is 3.69. The first-order valence-electron chi connectivity index (χ1n) is 6.97. The van der Waals surface area contributed by atoms with Crippen LogP contribution >= 0.6 is 0 Å². The number of carboxylic acids is 1. The number of hydrogen-bond donors (Lipinski definition) is 1. The molecule has 0 aromatic carbocycles. The molecule has 1 saturated heterocycles. The van der Waals surface area contributed by atoms with E-state index >= 15 is 0 Å². The summed E-state index contributed by atoms with van der Waals surface area (Å²) in [5.41, 5.74) is 2.21. The number of carbonyl (C=O) groups is 1. The van der Waals surface area contributed by atoms with Gasteiger partial charge in [0, 0.05) is 25.4 Å². The van der Waals surface area contributed by atoms with Crippen molar-refractivity contribution < 1.29 is 9.90 Å². The third kappa shape index (κ3) is 2.80. The zero-order chi connectivity index (χ0) is 15.0. The van der Waals surface area contributed by atoms with E-state index < -0.39 is 5.97 Å². The van der Waals surface area contributed by atoms with E-state index in [4.69, 9.17) is 5.11 Å². The van der Waals surface area contributed by atoms with Gasteiger partial charge in [-0.05, 0) is 31.5 Å². The summed E-state index contributed by atoms with van der Waals surface area (Å²) in [5, 5.41) is 9.01. The molecule has 0 amide bonds. The number of likely N-dealkylation sites (tertiary alicyclic amines) is 1. The van der Waals surface area contributed by atoms with E-state index in [9.17, 15) is 9.59 Å². The van der Waals surface area contributed by atoms with Gasteiger partial charge in [0.05, 0.1) is 11.6 Å². The van der Waals surface area contributed by atoms with E-state index in [1.807, 2.05) is 24.0 Å². The van der Waals surface area contributed by atoms with Crippen LogP contribution in [-0.4, -0.2) is 38.4 Å². The van der Waals surface area contributed by atoms with Crippen LogP contribution in [0.4, 0.5) is 0 Å². The Kier molecular flexibility index (Phi) is 3.47. The van der Waals surface area contributed by atoms with Gasteiger partial charge in [-0.15, -0.1) is 0 Å². The number of fused-ring (bicyclic) bond motifs is 1. The minimum absolute atomic E-state index is 0.104. The molecule has 3 rings (SSSR count). The first kappa shape index (κ1) is 13.8. The molecule has 0 bridgehead atoms. The number of aromatic nitrogens is 2. The van der Waals surface area contributed by atoms with Crippen molar-refractivity contribution in [2.45, 2.75) is 19.9 Å². The van der Waals surface area contributed by atoms with Gasteiger partial charge in [0.2, 0.25) is 0 Å². The standard InChI is InChI=1S/C15H17N3O3/c1-10-2-3-13-16-12(6-14(19)18(13)7-10)9-17-5-4-11(8-17)15(20)21/h2-3,6-7,11H,4-5,8-9H2,1H3,(H,20,21). The monoisotopic (exact) mass is 287 g/mol. The molecular weight excluding hydrogens is 270 g/mol. The molecule has 0 spiro atoms. The van der Waals surface area contributed by atoms with Gasteiger partial charge in [-0.2, -0.15) is 0 Å². The van der Waals surface area contributed by atoms with Crippen molar-refractivity contribution in [3.8, 4) is 0 Å². The van der Waals surface area contributed by atoms with Crippen LogP contribution in [0.5, 0.6) is 0 Å². The van der Waals surface area contributed by atoms with Crippen LogP contribution < -0.4 is 5.56 Å². The van der Waals surface area contributed by atoms with E-state index in [0.29, 0.717) is 30.9 Å². The van der Waals surface area contributed by atoms with E-state index in [1.165, 1.54) is 10.5 Å². The van der Waals surface area contributed by atoms with Gasteiger partial charge in [0.25, 0.3) is 5.56 Å². The molecule has 110 valence electrons. The average molecular weight is 287 g/mol. The Hall–Kier alpha value is -2.21. The van der Waals surface area contributed by atoms with Gasteiger partial charge in [0.1, 0.15) is 5.65 Å². The van der Waals surface area contributed by atoms with Gasteiger partial charge in [-0.3, -0.25) is 18.9 Å². The van der Waals surface area contributed by atoms with Crippen LogP contribution in [0.25, 0.3) is 5.65 Å². The molecule has 1 unspecified atom stereocenters. The van der Waals surface area contributed by atoms with Crippen molar-refractivity contribution in [3.05, 3.63) is 46.0 Å². The molecule has 6 nitrogen and oxygen atoms in total. The molecule has 3 heterocycles. The molecule has 1 fully saturated rings. The molecule has 6 heteroatoms. The van der Waals surface area contributed by atoms with Crippen LogP contribution in [0.1, 0.15) is 17.7 Å². The Balaban J connectivity index is 1.84. The quantitative estimate of drug-likeness (QED) is 0.908. The second-order valence-electron chi connectivity index (χ2n) is 5.58. The third-order valence-corrected chi connectivity index (χ3v) is 3.87. The Bertz CT molecular complexity index is 753. The topological polar surface area (TPSA) is 74.9 Å². The maximum absolute atomic E-state index is 12.1. The van der Waals surface area contributed by atoms with E-state index in [-0.39, 0.29) is 11.5 Å². The van der Waals surface area contributed by atoms with Gasteiger partial charge in [-0.25, -0.2) is 4.98 Å². The lowest BCUT2D eigenvalue weighted by atomic mass is 10.1. The highest BCUT2D eigenvalue weighted by atomic mass is 16.4. The molecule has 0 radical (unpaired) electrons. The summed E-state index contributed by atoms with van der Waals surface area (Å²) in [5.74, 6) is -1.06. The summed E-state index contributed by atoms with van der Waals surface area (Å²) >= 11 is 0. The number of carboxylic acid groups (broad SMARTS) is 1. The van der Waals surface area contributed by atoms with Gasteiger partial charge >= 0.3 is 5.97 Å². The summed E-state index contributed by atoms with van der Waals surface area (Å²) in [6, 6.07) is 5.27. The lowest BCUT2D eigenvalue weighted by molar-refractivity contribution is -0.141. The highest BCUT2D eigenvalue weighted by Crippen LogP contribution is 2.18. The molecule has 1 aliphatic heterocycles. The van der Waals surface area contributed by atoms with Crippen molar-refractivity contribution in [2.24, 2.45) is 5.92 Å². The lowest BCUT2D eigenvalue weighted by Gasteiger charge is -2.14. The van der Waals surface area contributed by atoms with Gasteiger partial charge in [0.15, 0.2) is 0 Å². The molecule has 1 N–H and O–H groups in total. The van der Waals surface area contributed by atoms with Crippen molar-refractivity contribution in [3.63, 3.8) is 0 Å². The lowest BCUT2D eigenvalue weighted by Crippen LogP contribution is -2.25. The maximum Gasteiger partial charge on any atom is 0.307 e. The molecule has 0 saturated carbocycles. The Morgan fingerprint density at radius 3 is 3.00 bits per heavy atom. The number of nitrogens with zero attached hydrogens (tertiary/aromatic N) is 3. The normalized spacial score (nSPS) is 19.2. The summed E-state index contributed by atoms with van der Waals surface area (Å²) in [7, 11) is 0. The van der Waals surface area contributed by atoms with Gasteiger partial charge < -0.3 is 5.11 Å². The number of pyridine rings is 1. The third-order valence-electron chi connectivity index (χ3n) is 3.87. The van der Waals surface area contributed by atoms with Crippen LogP contribution in [0.3, 0.4) is 0 Å². The first-order valence-corrected chi connectivity index (χ1v) is 6.97. The predicted octanol–water partition coefficient (Wildman–Crippen LogP) is 0.909. The van der Waals surface area contributed by atoms with Crippen LogP contribution in [0.15, 0.2) is 29.2 Å². The molecule has 1 atom stereocenters. The number of rotatable bonds is 3. The molecular formula is C15H17N3O3. The van der Waals surface area contributed by atoms with Gasteiger partial charge in [-0.1, -0.05) is 6.07 Å². The van der Waals surface area contributed by atoms with Crippen LogP contribution in [0.2, 0.25) is 0 Å². The second kappa shape index (κ2) is 5.29. The van der Waals surface area contributed by atoms with Crippen molar-refractivity contribution in [1.29, 1.82) is 0 Å². The highest BCUT2D eigenvalue weighted by molar-refractivity contribution is 5.70. The summed E-state index contributed by atoms with van der Waals surface area (Å²) in [4.78, 5) is 29.6. The van der Waals surface area contributed by atoms with E-state index in [1.54, 1.807) is 6.20 Å². The Morgan fingerprint density at radius 1 is 1.48 bits per heavy atom. The fourth-order valence-electron chi connectivity index (χ4n) is 2.75. The Morgan fingerprint density at radius 2 is 2.29 bits per heavy atom. The van der Waals surface area contributed by atoms with Crippen molar-refractivity contribution >= 4 is 11.6 Å². The van der Waals surface area contributed by atoms with Crippen molar-refractivity contribution in [2.75, 3.05) is 13.1 Å². The molecule has 1 aliphatic rings. The van der Waals surface area contributed by atoms with E-state index in [2.05, 4.69) is 4.98 Å². The molecule has 0 aliphatic carbocycles. The SMILES string of the molecule is Cc1ccc2nc(CN3CCC(C(=O)O)C3)cc(=O)n2c1. The largest absolute Gasteiger partial charge is 0.481 e. The fraction of sp³-hybridized carbons (Fsp3) is 0.400. The average Bonchev–Trinajstić information content (AvgIpc) is 2.88. The van der Waals surface area contributed by atoms with Crippen LogP contribution in [-0.2, 0) is 11.3 Å². The predicted molar refractivity (Wildman–Crippen MR) is 77.2 cm³/mol. The second-order valence-corrected chi connectivity index (χ2v) is 5.58. The fourth-order valence-corrected chi connectivity index (χ4v) is 2.75. The molecule has 21 heavy (non-hydrogen) atoms. The molecule has 2 aromatic heterocycles. The number of hydrogen-bond acceptors (Lipinski definition) is 4.